The molecule has 0 N–H and O–H groups in total. The molecule has 5 heteroatoms. The van der Waals surface area contributed by atoms with E-state index in [4.69, 9.17) is 9.47 Å². The van der Waals surface area contributed by atoms with Gasteiger partial charge >= 0.3 is 0 Å². The number of ether oxygens (including phenoxy) is 2. The van der Waals surface area contributed by atoms with Gasteiger partial charge in [0.25, 0.3) is 5.91 Å². The Morgan fingerprint density at radius 1 is 1.05 bits per heavy atom. The summed E-state index contributed by atoms with van der Waals surface area (Å²) in [7, 11) is 3.10. The molecule has 0 aliphatic carbocycles. The summed E-state index contributed by atoms with van der Waals surface area (Å²) in [5.74, 6) is -1.10. The van der Waals surface area contributed by atoms with Gasteiger partial charge in [-0.2, -0.15) is 0 Å². The van der Waals surface area contributed by atoms with Gasteiger partial charge in [0.15, 0.2) is 0 Å². The number of carbonyl (C=O) groups excluding carboxylic acids is 2. The SMILES string of the molecule is COCCN(CCOC)C(=O)C(=O)/C=C/c1ccccc1. The number of benzene rings is 1. The highest BCUT2D eigenvalue weighted by atomic mass is 16.5. The van der Waals surface area contributed by atoms with Gasteiger partial charge in [-0.1, -0.05) is 36.4 Å². The fourth-order valence-corrected chi connectivity index (χ4v) is 1.68. The van der Waals surface area contributed by atoms with Crippen LogP contribution in [0.3, 0.4) is 0 Å². The summed E-state index contributed by atoms with van der Waals surface area (Å²) in [6.07, 6.45) is 2.93. The molecule has 0 aliphatic rings. The van der Waals surface area contributed by atoms with Crippen LogP contribution in [0.25, 0.3) is 6.08 Å². The molecule has 0 fully saturated rings. The molecule has 5 nitrogen and oxygen atoms in total. The smallest absolute Gasteiger partial charge is 0.294 e. The van der Waals surface area contributed by atoms with Crippen molar-refractivity contribution >= 4 is 17.8 Å². The first-order chi connectivity index (χ1) is 10.2. The van der Waals surface area contributed by atoms with Crippen molar-refractivity contribution in [2.75, 3.05) is 40.5 Å². The number of amides is 1. The van der Waals surface area contributed by atoms with Gasteiger partial charge in [-0.25, -0.2) is 0 Å². The summed E-state index contributed by atoms with van der Waals surface area (Å²) in [6.45, 7) is 1.49. The van der Waals surface area contributed by atoms with Gasteiger partial charge in [-0.15, -0.1) is 0 Å². The second kappa shape index (κ2) is 9.85. The summed E-state index contributed by atoms with van der Waals surface area (Å²) in [5, 5.41) is 0. The van der Waals surface area contributed by atoms with E-state index in [0.717, 1.165) is 5.56 Å². The van der Waals surface area contributed by atoms with E-state index in [1.165, 1.54) is 11.0 Å². The Labute approximate surface area is 125 Å². The van der Waals surface area contributed by atoms with E-state index in [1.807, 2.05) is 30.3 Å². The molecule has 0 unspecified atom stereocenters. The van der Waals surface area contributed by atoms with E-state index in [1.54, 1.807) is 20.3 Å². The molecule has 0 heterocycles. The third kappa shape index (κ3) is 6.33. The van der Waals surface area contributed by atoms with E-state index in [2.05, 4.69) is 0 Å². The maximum absolute atomic E-state index is 12.1. The molecule has 0 aliphatic heterocycles. The lowest BCUT2D eigenvalue weighted by Crippen LogP contribution is -2.40. The third-order valence-corrected chi connectivity index (χ3v) is 2.86. The summed E-state index contributed by atoms with van der Waals surface area (Å²) in [4.78, 5) is 25.4. The van der Waals surface area contributed by atoms with Crippen LogP contribution < -0.4 is 0 Å². The zero-order valence-corrected chi connectivity index (χ0v) is 12.5. The number of nitrogens with zero attached hydrogens (tertiary/aromatic N) is 1. The van der Waals surface area contributed by atoms with Crippen molar-refractivity contribution in [1.29, 1.82) is 0 Å². The summed E-state index contributed by atoms with van der Waals surface area (Å²) < 4.78 is 9.89. The molecule has 0 radical (unpaired) electrons. The summed E-state index contributed by atoms with van der Waals surface area (Å²) in [5.41, 5.74) is 0.874. The molecule has 1 aromatic carbocycles. The fraction of sp³-hybridized carbons (Fsp3) is 0.375. The van der Waals surface area contributed by atoms with Gasteiger partial charge in [0, 0.05) is 27.3 Å². The average molecular weight is 291 g/mol. The highest BCUT2D eigenvalue weighted by Crippen LogP contribution is 2.02. The van der Waals surface area contributed by atoms with Gasteiger partial charge in [0.05, 0.1) is 13.2 Å². The van der Waals surface area contributed by atoms with Crippen LogP contribution >= 0.6 is 0 Å². The van der Waals surface area contributed by atoms with E-state index in [-0.39, 0.29) is 0 Å². The topological polar surface area (TPSA) is 55.8 Å². The monoisotopic (exact) mass is 291 g/mol. The number of methoxy groups -OCH3 is 2. The number of hydrogen-bond donors (Lipinski definition) is 0. The van der Waals surface area contributed by atoms with E-state index in [0.29, 0.717) is 26.3 Å². The number of ketones is 1. The minimum absolute atomic E-state index is 0.365. The highest BCUT2D eigenvalue weighted by Gasteiger charge is 2.18. The van der Waals surface area contributed by atoms with Crippen molar-refractivity contribution < 1.29 is 19.1 Å². The van der Waals surface area contributed by atoms with E-state index in [9.17, 15) is 9.59 Å². The largest absolute Gasteiger partial charge is 0.383 e. The number of hydrogen-bond acceptors (Lipinski definition) is 4. The van der Waals surface area contributed by atoms with Crippen LogP contribution in [0.5, 0.6) is 0 Å². The Hall–Kier alpha value is -1.98. The second-order valence-corrected chi connectivity index (χ2v) is 4.39. The maximum Gasteiger partial charge on any atom is 0.294 e. The zero-order chi connectivity index (χ0) is 15.5. The van der Waals surface area contributed by atoms with Crippen LogP contribution in [0.4, 0.5) is 0 Å². The highest BCUT2D eigenvalue weighted by molar-refractivity contribution is 6.41. The molecule has 114 valence electrons. The second-order valence-electron chi connectivity index (χ2n) is 4.39. The van der Waals surface area contributed by atoms with Crippen LogP contribution in [0.15, 0.2) is 36.4 Å². The van der Waals surface area contributed by atoms with Gasteiger partial charge in [0.1, 0.15) is 0 Å². The predicted molar refractivity (Wildman–Crippen MR) is 80.8 cm³/mol. The molecule has 1 rings (SSSR count). The first-order valence-electron chi connectivity index (χ1n) is 6.73. The van der Waals surface area contributed by atoms with Crippen molar-refractivity contribution in [2.24, 2.45) is 0 Å². The van der Waals surface area contributed by atoms with Gasteiger partial charge in [-0.05, 0) is 11.6 Å². The lowest BCUT2D eigenvalue weighted by atomic mass is 10.2. The van der Waals surface area contributed by atoms with Crippen molar-refractivity contribution in [2.45, 2.75) is 0 Å². The predicted octanol–water partition coefficient (Wildman–Crippen LogP) is 1.39. The van der Waals surface area contributed by atoms with Crippen molar-refractivity contribution in [3.63, 3.8) is 0 Å². The van der Waals surface area contributed by atoms with Crippen molar-refractivity contribution in [1.82, 2.24) is 4.90 Å². The Kier molecular flexibility index (Phi) is 8.01. The lowest BCUT2D eigenvalue weighted by Gasteiger charge is -2.20. The summed E-state index contributed by atoms with van der Waals surface area (Å²) >= 11 is 0. The first-order valence-corrected chi connectivity index (χ1v) is 6.73. The average Bonchev–Trinajstić information content (AvgIpc) is 2.53. The molecule has 0 atom stereocenters. The molecular formula is C16H21NO4. The third-order valence-electron chi connectivity index (χ3n) is 2.86. The van der Waals surface area contributed by atoms with Gasteiger partial charge < -0.3 is 14.4 Å². The number of carbonyl (C=O) groups is 2. The minimum Gasteiger partial charge on any atom is -0.383 e. The Morgan fingerprint density at radius 3 is 2.14 bits per heavy atom. The van der Waals surface area contributed by atoms with E-state index >= 15 is 0 Å². The first kappa shape index (κ1) is 17.1. The van der Waals surface area contributed by atoms with Crippen LogP contribution in [0.1, 0.15) is 5.56 Å². The lowest BCUT2D eigenvalue weighted by molar-refractivity contribution is -0.143. The van der Waals surface area contributed by atoms with Gasteiger partial charge in [0.2, 0.25) is 5.78 Å². The normalized spacial score (nSPS) is 10.8. The van der Waals surface area contributed by atoms with Crippen molar-refractivity contribution in [3.8, 4) is 0 Å². The quantitative estimate of drug-likeness (QED) is 0.509. The summed E-state index contributed by atoms with van der Waals surface area (Å²) in [6, 6.07) is 9.36. The molecule has 0 saturated heterocycles. The van der Waals surface area contributed by atoms with E-state index < -0.39 is 11.7 Å². The number of rotatable bonds is 9. The molecule has 0 bridgehead atoms. The molecule has 1 aromatic rings. The standard InChI is InChI=1S/C16H21NO4/c1-20-12-10-17(11-13-21-2)16(19)15(18)9-8-14-6-4-3-5-7-14/h3-9H,10-13H2,1-2H3/b9-8+. The van der Waals surface area contributed by atoms with Crippen molar-refractivity contribution in [3.05, 3.63) is 42.0 Å². The van der Waals surface area contributed by atoms with Crippen LogP contribution in [-0.2, 0) is 19.1 Å². The molecule has 21 heavy (non-hydrogen) atoms. The van der Waals surface area contributed by atoms with Crippen LogP contribution in [-0.4, -0.2) is 57.1 Å². The molecule has 0 aromatic heterocycles. The van der Waals surface area contributed by atoms with Crippen LogP contribution in [0, 0.1) is 0 Å². The molecule has 0 saturated carbocycles. The molecular weight excluding hydrogens is 270 g/mol. The fourth-order valence-electron chi connectivity index (χ4n) is 1.68. The minimum atomic E-state index is -0.550. The Balaban J connectivity index is 2.64. The zero-order valence-electron chi connectivity index (χ0n) is 12.5. The molecule has 1 amide bonds. The molecule has 0 spiro atoms. The van der Waals surface area contributed by atoms with Gasteiger partial charge in [-0.3, -0.25) is 9.59 Å². The Bertz CT molecular complexity index is 462. The Morgan fingerprint density at radius 2 is 1.62 bits per heavy atom. The van der Waals surface area contributed by atoms with Crippen LogP contribution in [0.2, 0.25) is 0 Å². The maximum atomic E-state index is 12.1.